The van der Waals surface area contributed by atoms with E-state index in [9.17, 15) is 71.2 Å². The van der Waals surface area contributed by atoms with Gasteiger partial charge in [0.25, 0.3) is 5.79 Å². The summed E-state index contributed by atoms with van der Waals surface area (Å²) in [5.41, 5.74) is -5.12. The predicted molar refractivity (Wildman–Crippen MR) is 176 cm³/mol. The lowest BCUT2D eigenvalue weighted by Crippen LogP contribution is -2.87. The van der Waals surface area contributed by atoms with Crippen molar-refractivity contribution < 1.29 is 94.5 Å². The quantitative estimate of drug-likeness (QED) is 0.110. The summed E-state index contributed by atoms with van der Waals surface area (Å²) >= 11 is 0. The minimum absolute atomic E-state index is 0.133. The number of aliphatic hydroxyl groups is 10. The Labute approximate surface area is 304 Å². The average Bonchev–Trinajstić information content (AvgIpc) is 3.13. The summed E-state index contributed by atoms with van der Waals surface area (Å²) in [6.45, 7) is 1.25. The number of benzene rings is 2. The van der Waals surface area contributed by atoms with Crippen LogP contribution in [0.15, 0.2) is 39.5 Å². The number of hydrogen-bond acceptors (Lipinski definition) is 20. The molecule has 4 heterocycles. The van der Waals surface area contributed by atoms with Crippen molar-refractivity contribution >= 4 is 11.0 Å². The molecular weight excluding hydrogens is 728 g/mol. The van der Waals surface area contributed by atoms with Gasteiger partial charge in [0.1, 0.15) is 83.5 Å². The minimum atomic E-state index is -3.43. The minimum Gasteiger partial charge on any atom is -0.508 e. The van der Waals surface area contributed by atoms with Crippen molar-refractivity contribution in [3.63, 3.8) is 0 Å². The van der Waals surface area contributed by atoms with Crippen LogP contribution in [0.2, 0.25) is 0 Å². The van der Waals surface area contributed by atoms with Crippen LogP contribution < -0.4 is 14.9 Å². The number of aromatic hydroxyl groups is 3. The Balaban J connectivity index is 1.74. The molecule has 0 saturated carbocycles. The van der Waals surface area contributed by atoms with E-state index in [4.69, 9.17) is 28.1 Å². The van der Waals surface area contributed by atoms with Crippen LogP contribution in [0.1, 0.15) is 13.8 Å². The molecule has 15 unspecified atom stereocenters. The normalized spacial score (nSPS) is 40.1. The summed E-state index contributed by atoms with van der Waals surface area (Å²) in [5, 5.41) is 142. The van der Waals surface area contributed by atoms with Crippen molar-refractivity contribution in [1.82, 2.24) is 0 Å². The van der Waals surface area contributed by atoms with Crippen LogP contribution in [0, 0.1) is 0 Å². The van der Waals surface area contributed by atoms with Gasteiger partial charge in [-0.25, -0.2) is 0 Å². The summed E-state index contributed by atoms with van der Waals surface area (Å²) in [6.07, 6.45) is -28.0. The lowest BCUT2D eigenvalue weighted by atomic mass is 9.67. The van der Waals surface area contributed by atoms with Crippen molar-refractivity contribution in [1.29, 1.82) is 0 Å². The fourth-order valence-electron chi connectivity index (χ4n) is 7.46. The van der Waals surface area contributed by atoms with Crippen LogP contribution in [-0.4, -0.2) is 171 Å². The number of rotatable bonds is 7. The predicted octanol–water partition coefficient (Wildman–Crippen LogP) is -3.76. The molecule has 3 aromatic rings. The number of phenols is 3. The maximum atomic E-state index is 14.6. The monoisotopic (exact) mass is 770 g/mol. The highest BCUT2D eigenvalue weighted by Gasteiger charge is 2.78. The summed E-state index contributed by atoms with van der Waals surface area (Å²) in [6, 6.07) is 5.20. The van der Waals surface area contributed by atoms with E-state index < -0.39 is 137 Å². The summed E-state index contributed by atoms with van der Waals surface area (Å²) < 4.78 is 35.6. The smallest absolute Gasteiger partial charge is 0.274 e. The molecule has 6 rings (SSSR count). The van der Waals surface area contributed by atoms with Gasteiger partial charge in [-0.15, -0.1) is 0 Å². The first-order valence-electron chi connectivity index (χ1n) is 16.7. The molecule has 298 valence electrons. The second kappa shape index (κ2) is 14.3. The van der Waals surface area contributed by atoms with E-state index in [-0.39, 0.29) is 17.1 Å². The zero-order valence-electron chi connectivity index (χ0n) is 28.8. The number of hydrogen-bond donors (Lipinski definition) is 13. The van der Waals surface area contributed by atoms with Crippen molar-refractivity contribution in [2.24, 2.45) is 0 Å². The molecule has 3 aliphatic heterocycles. The van der Waals surface area contributed by atoms with Gasteiger partial charge >= 0.3 is 0 Å². The second-order valence-electron chi connectivity index (χ2n) is 13.6. The summed E-state index contributed by atoms with van der Waals surface area (Å²) in [5.74, 6) is -7.06. The van der Waals surface area contributed by atoms with Crippen LogP contribution in [0.3, 0.4) is 0 Å². The third kappa shape index (κ3) is 5.85. The lowest BCUT2D eigenvalue weighted by molar-refractivity contribution is -0.454. The zero-order chi connectivity index (χ0) is 39.8. The molecule has 0 radical (unpaired) electrons. The molecular formula is C34H42O20. The topological polar surface area (TPSA) is 339 Å². The first kappa shape index (κ1) is 39.8. The van der Waals surface area contributed by atoms with Gasteiger partial charge in [-0.05, 0) is 32.0 Å². The van der Waals surface area contributed by atoms with Crippen molar-refractivity contribution in [2.45, 2.75) is 105 Å². The van der Waals surface area contributed by atoms with Crippen molar-refractivity contribution in [3.05, 3.63) is 40.6 Å². The molecule has 0 spiro atoms. The molecule has 3 fully saturated rings. The summed E-state index contributed by atoms with van der Waals surface area (Å²) in [7, 11) is 1.20. The molecule has 3 saturated heterocycles. The Morgan fingerprint density at radius 1 is 0.741 bits per heavy atom. The maximum absolute atomic E-state index is 14.6. The fraction of sp³-hybridized carbons (Fsp3) is 0.559. The molecule has 3 aliphatic rings. The van der Waals surface area contributed by atoms with E-state index in [1.807, 2.05) is 0 Å². The van der Waals surface area contributed by atoms with Crippen molar-refractivity contribution in [3.8, 4) is 40.1 Å². The van der Waals surface area contributed by atoms with Crippen LogP contribution >= 0.6 is 0 Å². The van der Waals surface area contributed by atoms with Gasteiger partial charge in [0.05, 0.1) is 25.9 Å². The molecule has 20 heteroatoms. The highest BCUT2D eigenvalue weighted by atomic mass is 16.8. The van der Waals surface area contributed by atoms with Gasteiger partial charge in [-0.2, -0.15) is 0 Å². The van der Waals surface area contributed by atoms with Crippen LogP contribution in [0.4, 0.5) is 0 Å². The average molecular weight is 771 g/mol. The van der Waals surface area contributed by atoms with E-state index in [0.29, 0.717) is 0 Å². The molecule has 0 amide bonds. The van der Waals surface area contributed by atoms with Gasteiger partial charge in [0.2, 0.25) is 11.2 Å². The van der Waals surface area contributed by atoms with Crippen molar-refractivity contribution in [2.75, 3.05) is 13.7 Å². The van der Waals surface area contributed by atoms with E-state index in [1.54, 1.807) is 0 Å². The molecule has 20 nitrogen and oxygen atoms in total. The fourth-order valence-corrected chi connectivity index (χ4v) is 7.46. The highest BCUT2D eigenvalue weighted by molar-refractivity contribution is 5.88. The molecule has 13 N–H and O–H groups in total. The second-order valence-corrected chi connectivity index (χ2v) is 13.6. The molecule has 0 aliphatic carbocycles. The lowest BCUT2D eigenvalue weighted by Gasteiger charge is -2.63. The Hall–Kier alpha value is -3.87. The molecule has 54 heavy (non-hydrogen) atoms. The number of fused-ring (bicyclic) bond motifs is 1. The van der Waals surface area contributed by atoms with E-state index >= 15 is 0 Å². The van der Waals surface area contributed by atoms with Gasteiger partial charge < -0.3 is 94.5 Å². The van der Waals surface area contributed by atoms with Crippen LogP contribution in [-0.2, 0) is 14.2 Å². The first-order chi connectivity index (χ1) is 25.4. The van der Waals surface area contributed by atoms with E-state index in [2.05, 4.69) is 0 Å². The third-order valence-corrected chi connectivity index (χ3v) is 10.4. The largest absolute Gasteiger partial charge is 0.508 e. The molecule has 0 bridgehead atoms. The van der Waals surface area contributed by atoms with Crippen LogP contribution in [0.5, 0.6) is 28.7 Å². The standard InChI is InChI=1S/C34H42O20/c1-10-20(39)25(44)30(47)33(52-10,32-27(46)24(43)22(41)18(9-35)51-32)34(31(48)26(45)21(40)11(2)53-34)54-29-23(42)19-15(38)7-13(36)8-17(19)50-28(29)12-4-5-14(37)16(6-12)49-3/h4-8,10-11,18,20-22,24-27,30-32,35-41,43-48H,9H2,1-3H3. The van der Waals surface area contributed by atoms with Gasteiger partial charge in [0.15, 0.2) is 29.0 Å². The highest BCUT2D eigenvalue weighted by Crippen LogP contribution is 2.53. The Bertz CT molecular complexity index is 1920. The molecule has 2 aromatic carbocycles. The van der Waals surface area contributed by atoms with Gasteiger partial charge in [-0.1, -0.05) is 0 Å². The van der Waals surface area contributed by atoms with Crippen LogP contribution in [0.25, 0.3) is 22.3 Å². The molecule has 15 atom stereocenters. The zero-order valence-corrected chi connectivity index (χ0v) is 28.8. The number of aliphatic hydroxyl groups excluding tert-OH is 10. The Morgan fingerprint density at radius 3 is 2.00 bits per heavy atom. The molecule has 1 aromatic heterocycles. The number of methoxy groups -OCH3 is 1. The van der Waals surface area contributed by atoms with Gasteiger partial charge in [0, 0.05) is 17.7 Å². The first-order valence-corrected chi connectivity index (χ1v) is 16.7. The number of phenolic OH excluding ortho intramolecular Hbond substituents is 3. The van der Waals surface area contributed by atoms with Gasteiger partial charge in [-0.3, -0.25) is 4.79 Å². The number of ether oxygens (including phenoxy) is 5. The maximum Gasteiger partial charge on any atom is 0.274 e. The third-order valence-electron chi connectivity index (χ3n) is 10.4. The Morgan fingerprint density at radius 2 is 1.37 bits per heavy atom. The van der Waals surface area contributed by atoms with E-state index in [0.717, 1.165) is 38.1 Å². The Kier molecular flexibility index (Phi) is 10.6. The van der Waals surface area contributed by atoms with E-state index in [1.165, 1.54) is 13.2 Å². The SMILES string of the molecule is COc1cc(-c2oc3cc(O)cc(O)c3c(=O)c2OC2(C3(C4OC(CO)C(O)C(O)C4O)OC(C)C(O)C(O)C3O)OC(C)C(O)C(O)C2O)ccc1O. The summed E-state index contributed by atoms with van der Waals surface area (Å²) in [4.78, 5) is 14.6.